The lowest BCUT2D eigenvalue weighted by atomic mass is 10.1. The Morgan fingerprint density at radius 1 is 1.45 bits per heavy atom. The van der Waals surface area contributed by atoms with Gasteiger partial charge in [-0.2, -0.15) is 5.10 Å². The van der Waals surface area contributed by atoms with Gasteiger partial charge in [0.05, 0.1) is 23.1 Å². The number of hydrogen-bond donors (Lipinski definition) is 2. The van der Waals surface area contributed by atoms with Crippen LogP contribution in [0, 0.1) is 18.7 Å². The number of benzene rings is 1. The maximum absolute atomic E-state index is 13.0. The minimum absolute atomic E-state index is 0.0288. The number of carbonyl (C=O) groups is 1. The summed E-state index contributed by atoms with van der Waals surface area (Å²) in [6.45, 7) is 2.27. The van der Waals surface area contributed by atoms with E-state index in [1.54, 1.807) is 16.8 Å². The molecule has 0 saturated heterocycles. The molecule has 6 heteroatoms. The van der Waals surface area contributed by atoms with Crippen LogP contribution in [0.3, 0.4) is 0 Å². The fourth-order valence-corrected chi connectivity index (χ4v) is 2.59. The first-order chi connectivity index (χ1) is 10.6. The van der Waals surface area contributed by atoms with Gasteiger partial charge in [0.1, 0.15) is 5.82 Å². The van der Waals surface area contributed by atoms with E-state index in [0.29, 0.717) is 18.0 Å². The van der Waals surface area contributed by atoms with Gasteiger partial charge in [0, 0.05) is 12.6 Å². The summed E-state index contributed by atoms with van der Waals surface area (Å²) in [6, 6.07) is 6.02. The van der Waals surface area contributed by atoms with Crippen molar-refractivity contribution in [3.8, 4) is 5.69 Å². The van der Waals surface area contributed by atoms with Crippen molar-refractivity contribution in [2.24, 2.45) is 11.7 Å². The van der Waals surface area contributed by atoms with Gasteiger partial charge in [-0.05, 0) is 49.9 Å². The predicted molar refractivity (Wildman–Crippen MR) is 81.3 cm³/mol. The molecule has 3 rings (SSSR count). The number of rotatable bonds is 5. The van der Waals surface area contributed by atoms with Crippen molar-refractivity contribution in [2.75, 3.05) is 6.54 Å². The van der Waals surface area contributed by atoms with E-state index < -0.39 is 0 Å². The summed E-state index contributed by atoms with van der Waals surface area (Å²) in [4.78, 5) is 12.4. The second kappa shape index (κ2) is 5.88. The Hall–Kier alpha value is -2.21. The number of nitrogens with two attached hydrogens (primary N) is 1. The van der Waals surface area contributed by atoms with Crippen LogP contribution in [0.1, 0.15) is 28.9 Å². The van der Waals surface area contributed by atoms with Crippen molar-refractivity contribution in [1.29, 1.82) is 0 Å². The van der Waals surface area contributed by atoms with Crippen molar-refractivity contribution in [2.45, 2.75) is 25.8 Å². The first-order valence-corrected chi connectivity index (χ1v) is 7.41. The molecule has 116 valence electrons. The van der Waals surface area contributed by atoms with Gasteiger partial charge < -0.3 is 11.1 Å². The van der Waals surface area contributed by atoms with Gasteiger partial charge in [-0.3, -0.25) is 4.79 Å². The van der Waals surface area contributed by atoms with E-state index in [9.17, 15) is 9.18 Å². The molecule has 22 heavy (non-hydrogen) atoms. The molecule has 1 saturated carbocycles. The minimum Gasteiger partial charge on any atom is -0.348 e. The Bertz CT molecular complexity index is 676. The Balaban J connectivity index is 1.80. The highest BCUT2D eigenvalue weighted by Gasteiger charge is 2.32. The van der Waals surface area contributed by atoms with E-state index in [2.05, 4.69) is 10.4 Å². The van der Waals surface area contributed by atoms with Gasteiger partial charge in [-0.25, -0.2) is 9.07 Å². The van der Waals surface area contributed by atoms with Crippen LogP contribution in [0.15, 0.2) is 30.5 Å². The molecule has 1 fully saturated rings. The summed E-state index contributed by atoms with van der Waals surface area (Å²) < 4.78 is 14.6. The molecule has 0 spiro atoms. The molecule has 5 nitrogen and oxygen atoms in total. The quantitative estimate of drug-likeness (QED) is 0.884. The number of nitrogens with one attached hydrogen (secondary N) is 1. The number of carbonyl (C=O) groups excluding carboxylic acids is 1. The highest BCUT2D eigenvalue weighted by atomic mass is 19.1. The second-order valence-electron chi connectivity index (χ2n) is 5.68. The molecule has 2 aromatic rings. The van der Waals surface area contributed by atoms with Crippen LogP contribution >= 0.6 is 0 Å². The average molecular weight is 302 g/mol. The summed E-state index contributed by atoms with van der Waals surface area (Å²) in [5.74, 6) is 0.0383. The summed E-state index contributed by atoms with van der Waals surface area (Å²) in [5.41, 5.74) is 7.67. The molecule has 3 N–H and O–H groups in total. The molecule has 1 unspecified atom stereocenters. The van der Waals surface area contributed by atoms with Crippen LogP contribution in [-0.4, -0.2) is 28.3 Å². The van der Waals surface area contributed by atoms with Crippen molar-refractivity contribution in [3.05, 3.63) is 47.5 Å². The van der Waals surface area contributed by atoms with E-state index in [4.69, 9.17) is 5.73 Å². The fraction of sp³-hybridized carbons (Fsp3) is 0.375. The number of amides is 1. The monoisotopic (exact) mass is 302 g/mol. The van der Waals surface area contributed by atoms with E-state index in [-0.39, 0.29) is 17.8 Å². The number of aromatic nitrogens is 2. The van der Waals surface area contributed by atoms with Crippen molar-refractivity contribution in [1.82, 2.24) is 15.1 Å². The van der Waals surface area contributed by atoms with E-state index >= 15 is 0 Å². The predicted octanol–water partition coefficient (Wildman–Crippen LogP) is 1.79. The van der Waals surface area contributed by atoms with Gasteiger partial charge in [0.25, 0.3) is 5.91 Å². The Labute approximate surface area is 128 Å². The van der Waals surface area contributed by atoms with Crippen molar-refractivity contribution in [3.63, 3.8) is 0 Å². The largest absolute Gasteiger partial charge is 0.348 e. The lowest BCUT2D eigenvalue weighted by Gasteiger charge is -2.15. The van der Waals surface area contributed by atoms with Gasteiger partial charge in [-0.15, -0.1) is 0 Å². The van der Waals surface area contributed by atoms with Crippen LogP contribution in [0.5, 0.6) is 0 Å². The Morgan fingerprint density at radius 2 is 2.14 bits per heavy atom. The third-order valence-electron chi connectivity index (χ3n) is 4.09. The molecule has 1 heterocycles. The van der Waals surface area contributed by atoms with Crippen LogP contribution in [0.25, 0.3) is 5.69 Å². The molecule has 1 aliphatic carbocycles. The Kier molecular flexibility index (Phi) is 3.94. The summed E-state index contributed by atoms with van der Waals surface area (Å²) in [5, 5.41) is 7.21. The molecular weight excluding hydrogens is 283 g/mol. The summed E-state index contributed by atoms with van der Waals surface area (Å²) in [7, 11) is 0. The zero-order chi connectivity index (χ0) is 15.7. The SMILES string of the molecule is Cc1c(C(=O)NC(CN)C2CC2)cnn1-c1ccc(F)cc1. The number of nitrogens with zero attached hydrogens (tertiary/aromatic N) is 2. The molecule has 1 aromatic carbocycles. The average Bonchev–Trinajstić information content (AvgIpc) is 3.28. The number of hydrogen-bond acceptors (Lipinski definition) is 3. The second-order valence-corrected chi connectivity index (χ2v) is 5.68. The Morgan fingerprint density at radius 3 is 2.73 bits per heavy atom. The lowest BCUT2D eigenvalue weighted by molar-refractivity contribution is 0.0933. The molecule has 0 radical (unpaired) electrons. The molecule has 1 aromatic heterocycles. The molecule has 0 bridgehead atoms. The minimum atomic E-state index is -0.304. The summed E-state index contributed by atoms with van der Waals surface area (Å²) in [6.07, 6.45) is 3.78. The third-order valence-corrected chi connectivity index (χ3v) is 4.09. The highest BCUT2D eigenvalue weighted by molar-refractivity contribution is 5.95. The van der Waals surface area contributed by atoms with Gasteiger partial charge >= 0.3 is 0 Å². The normalized spacial score (nSPS) is 15.6. The van der Waals surface area contributed by atoms with Gasteiger partial charge in [0.2, 0.25) is 0 Å². The lowest BCUT2D eigenvalue weighted by Crippen LogP contribution is -2.41. The van der Waals surface area contributed by atoms with Crippen LogP contribution in [0.4, 0.5) is 4.39 Å². The molecule has 0 aliphatic heterocycles. The standard InChI is InChI=1S/C16H19FN4O/c1-10-14(16(22)20-15(8-18)11-2-3-11)9-19-21(10)13-6-4-12(17)5-7-13/h4-7,9,11,15H,2-3,8,18H2,1H3,(H,20,22). The topological polar surface area (TPSA) is 72.9 Å². The number of halogens is 1. The van der Waals surface area contributed by atoms with E-state index in [1.165, 1.54) is 18.3 Å². The highest BCUT2D eigenvalue weighted by Crippen LogP contribution is 2.32. The first-order valence-electron chi connectivity index (χ1n) is 7.41. The zero-order valence-electron chi connectivity index (χ0n) is 12.4. The van der Waals surface area contributed by atoms with E-state index in [1.807, 2.05) is 6.92 Å². The third kappa shape index (κ3) is 2.87. The molecular formula is C16H19FN4O. The maximum Gasteiger partial charge on any atom is 0.255 e. The summed E-state index contributed by atoms with van der Waals surface area (Å²) >= 11 is 0. The smallest absolute Gasteiger partial charge is 0.255 e. The zero-order valence-corrected chi connectivity index (χ0v) is 12.4. The fourth-order valence-electron chi connectivity index (χ4n) is 2.59. The van der Waals surface area contributed by atoms with Gasteiger partial charge in [0.15, 0.2) is 0 Å². The van der Waals surface area contributed by atoms with E-state index in [0.717, 1.165) is 24.2 Å². The molecule has 1 atom stereocenters. The van der Waals surface area contributed by atoms with Crippen molar-refractivity contribution < 1.29 is 9.18 Å². The molecule has 1 aliphatic rings. The van der Waals surface area contributed by atoms with Crippen LogP contribution in [-0.2, 0) is 0 Å². The van der Waals surface area contributed by atoms with Crippen LogP contribution < -0.4 is 11.1 Å². The molecule has 1 amide bonds. The maximum atomic E-state index is 13.0. The van der Waals surface area contributed by atoms with Gasteiger partial charge in [-0.1, -0.05) is 0 Å². The first kappa shape index (κ1) is 14.7. The van der Waals surface area contributed by atoms with Crippen LogP contribution in [0.2, 0.25) is 0 Å². The van der Waals surface area contributed by atoms with Crippen molar-refractivity contribution >= 4 is 5.91 Å².